The zero-order valence-corrected chi connectivity index (χ0v) is 12.8. The van der Waals surface area contributed by atoms with Gasteiger partial charge in [0.2, 0.25) is 0 Å². The summed E-state index contributed by atoms with van der Waals surface area (Å²) < 4.78 is 0. The molecule has 0 aromatic heterocycles. The van der Waals surface area contributed by atoms with Crippen molar-refractivity contribution >= 4 is 11.4 Å². The number of rotatable bonds is 4. The van der Waals surface area contributed by atoms with Crippen LogP contribution in [0.4, 0.5) is 11.4 Å². The summed E-state index contributed by atoms with van der Waals surface area (Å²) in [5.41, 5.74) is 12.1. The monoisotopic (exact) mass is 281 g/mol. The quantitative estimate of drug-likeness (QED) is 0.846. The second kappa shape index (κ2) is 5.78. The van der Waals surface area contributed by atoms with E-state index in [1.165, 1.54) is 22.4 Å². The smallest absolute Gasteiger partial charge is 0.0361 e. The molecule has 0 saturated heterocycles. The van der Waals surface area contributed by atoms with Gasteiger partial charge < -0.3 is 16.0 Å². The first-order chi connectivity index (χ1) is 10.1. The molecule has 0 fully saturated rings. The van der Waals surface area contributed by atoms with Crippen molar-refractivity contribution in [1.82, 2.24) is 5.32 Å². The number of nitrogens with one attached hydrogen (secondary N) is 1. The van der Waals surface area contributed by atoms with Gasteiger partial charge in [-0.3, -0.25) is 0 Å². The molecule has 1 atom stereocenters. The maximum absolute atomic E-state index is 5.86. The summed E-state index contributed by atoms with van der Waals surface area (Å²) in [5.74, 6) is 0. The van der Waals surface area contributed by atoms with Crippen LogP contribution in [0, 0.1) is 0 Å². The maximum atomic E-state index is 5.86. The normalized spacial score (nSPS) is 16.8. The molecule has 0 heterocycles. The molecule has 0 radical (unpaired) electrons. The summed E-state index contributed by atoms with van der Waals surface area (Å²) in [6.45, 7) is 0.905. The fraction of sp³-hybridized carbons (Fsp3) is 0.333. The lowest BCUT2D eigenvalue weighted by Crippen LogP contribution is -2.18. The molecule has 0 amide bonds. The number of benzene rings is 2. The minimum atomic E-state index is 0.453. The lowest BCUT2D eigenvalue weighted by Gasteiger charge is -2.16. The van der Waals surface area contributed by atoms with Crippen molar-refractivity contribution in [2.24, 2.45) is 0 Å². The minimum absolute atomic E-state index is 0.453. The molecule has 0 aliphatic heterocycles. The fourth-order valence-electron chi connectivity index (χ4n) is 3.00. The van der Waals surface area contributed by atoms with Gasteiger partial charge in [-0.1, -0.05) is 18.2 Å². The van der Waals surface area contributed by atoms with Crippen LogP contribution in [0.15, 0.2) is 42.5 Å². The Labute approximate surface area is 126 Å². The highest BCUT2D eigenvalue weighted by molar-refractivity contribution is 5.48. The number of nitrogens with two attached hydrogens (primary N) is 1. The summed E-state index contributed by atoms with van der Waals surface area (Å²) in [7, 11) is 4.13. The molecule has 3 heteroatoms. The SMILES string of the molecule is CN(C)c1ccc(CNC2CCc3cc(N)ccc32)cc1. The summed E-state index contributed by atoms with van der Waals surface area (Å²) in [5, 5.41) is 3.67. The molecule has 21 heavy (non-hydrogen) atoms. The van der Waals surface area contributed by atoms with E-state index < -0.39 is 0 Å². The van der Waals surface area contributed by atoms with E-state index in [-0.39, 0.29) is 0 Å². The van der Waals surface area contributed by atoms with Crippen LogP contribution in [0.3, 0.4) is 0 Å². The molecule has 3 nitrogen and oxygen atoms in total. The summed E-state index contributed by atoms with van der Waals surface area (Å²) >= 11 is 0. The van der Waals surface area contributed by atoms with Crippen LogP contribution >= 0.6 is 0 Å². The van der Waals surface area contributed by atoms with Crippen LogP contribution in [0.25, 0.3) is 0 Å². The second-order valence-corrected chi connectivity index (χ2v) is 5.99. The molecule has 3 N–H and O–H groups in total. The maximum Gasteiger partial charge on any atom is 0.0361 e. The van der Waals surface area contributed by atoms with Gasteiger partial charge in [-0.25, -0.2) is 0 Å². The highest BCUT2D eigenvalue weighted by Gasteiger charge is 2.21. The Kier molecular flexibility index (Phi) is 3.84. The average Bonchev–Trinajstić information content (AvgIpc) is 2.87. The van der Waals surface area contributed by atoms with E-state index in [4.69, 9.17) is 5.73 Å². The van der Waals surface area contributed by atoms with Gasteiger partial charge >= 0.3 is 0 Å². The Morgan fingerprint density at radius 2 is 1.90 bits per heavy atom. The van der Waals surface area contributed by atoms with Crippen LogP contribution in [-0.2, 0) is 13.0 Å². The van der Waals surface area contributed by atoms with Crippen molar-refractivity contribution < 1.29 is 0 Å². The average molecular weight is 281 g/mol. The third-order valence-corrected chi connectivity index (χ3v) is 4.25. The number of hydrogen-bond donors (Lipinski definition) is 2. The van der Waals surface area contributed by atoms with Gasteiger partial charge in [-0.15, -0.1) is 0 Å². The van der Waals surface area contributed by atoms with Crippen LogP contribution < -0.4 is 16.0 Å². The molecular formula is C18H23N3. The standard InChI is InChI=1S/C18H23N3/c1-21(2)16-7-3-13(4-8-16)12-20-18-10-5-14-11-15(19)6-9-17(14)18/h3-4,6-9,11,18,20H,5,10,12,19H2,1-2H3. The van der Waals surface area contributed by atoms with Gasteiger partial charge in [0, 0.05) is 38.1 Å². The van der Waals surface area contributed by atoms with Gasteiger partial charge in [-0.05, 0) is 53.8 Å². The van der Waals surface area contributed by atoms with E-state index in [1.807, 2.05) is 6.07 Å². The fourth-order valence-corrected chi connectivity index (χ4v) is 3.00. The van der Waals surface area contributed by atoms with Gasteiger partial charge in [0.15, 0.2) is 0 Å². The Morgan fingerprint density at radius 3 is 2.62 bits per heavy atom. The molecule has 1 aliphatic carbocycles. The number of fused-ring (bicyclic) bond motifs is 1. The Balaban J connectivity index is 1.64. The molecule has 0 bridgehead atoms. The number of anilines is 2. The molecule has 1 aliphatic rings. The third-order valence-electron chi connectivity index (χ3n) is 4.25. The Bertz CT molecular complexity index is 617. The van der Waals surface area contributed by atoms with Gasteiger partial charge in [0.05, 0.1) is 0 Å². The minimum Gasteiger partial charge on any atom is -0.399 e. The Morgan fingerprint density at radius 1 is 1.14 bits per heavy atom. The van der Waals surface area contributed by atoms with Crippen LogP contribution in [0.5, 0.6) is 0 Å². The summed E-state index contributed by atoms with van der Waals surface area (Å²) in [6, 6.07) is 15.5. The molecular weight excluding hydrogens is 258 g/mol. The molecule has 3 rings (SSSR count). The van der Waals surface area contributed by atoms with Gasteiger partial charge in [0.25, 0.3) is 0 Å². The second-order valence-electron chi connectivity index (χ2n) is 5.99. The van der Waals surface area contributed by atoms with Crippen molar-refractivity contribution in [3.8, 4) is 0 Å². The van der Waals surface area contributed by atoms with Gasteiger partial charge in [-0.2, -0.15) is 0 Å². The van der Waals surface area contributed by atoms with Crippen molar-refractivity contribution in [1.29, 1.82) is 0 Å². The van der Waals surface area contributed by atoms with Crippen LogP contribution in [0.1, 0.15) is 29.2 Å². The molecule has 2 aromatic rings. The predicted octanol–water partition coefficient (Wildman–Crippen LogP) is 3.11. The highest BCUT2D eigenvalue weighted by Crippen LogP contribution is 2.32. The number of aryl methyl sites for hydroxylation is 1. The molecule has 2 aromatic carbocycles. The third kappa shape index (κ3) is 3.03. The topological polar surface area (TPSA) is 41.3 Å². The highest BCUT2D eigenvalue weighted by atomic mass is 15.1. The van der Waals surface area contributed by atoms with Crippen molar-refractivity contribution in [3.63, 3.8) is 0 Å². The molecule has 1 unspecified atom stereocenters. The first kappa shape index (κ1) is 14.0. The lowest BCUT2D eigenvalue weighted by molar-refractivity contribution is 0.530. The summed E-state index contributed by atoms with van der Waals surface area (Å²) in [6.07, 6.45) is 2.28. The molecule has 0 spiro atoms. The largest absolute Gasteiger partial charge is 0.399 e. The molecule has 110 valence electrons. The molecule has 0 saturated carbocycles. The van der Waals surface area contributed by atoms with E-state index in [9.17, 15) is 0 Å². The van der Waals surface area contributed by atoms with Crippen LogP contribution in [0.2, 0.25) is 0 Å². The zero-order valence-electron chi connectivity index (χ0n) is 12.8. The number of hydrogen-bond acceptors (Lipinski definition) is 3. The van der Waals surface area contributed by atoms with Crippen LogP contribution in [-0.4, -0.2) is 14.1 Å². The van der Waals surface area contributed by atoms with E-state index in [0.29, 0.717) is 6.04 Å². The Hall–Kier alpha value is -2.00. The van der Waals surface area contributed by atoms with Crippen molar-refractivity contribution in [3.05, 3.63) is 59.2 Å². The van der Waals surface area contributed by atoms with E-state index in [2.05, 4.69) is 60.7 Å². The van der Waals surface area contributed by atoms with E-state index in [0.717, 1.165) is 25.1 Å². The van der Waals surface area contributed by atoms with Gasteiger partial charge in [0.1, 0.15) is 0 Å². The lowest BCUT2D eigenvalue weighted by atomic mass is 10.1. The predicted molar refractivity (Wildman–Crippen MR) is 89.5 cm³/mol. The van der Waals surface area contributed by atoms with E-state index >= 15 is 0 Å². The number of nitrogen functional groups attached to an aromatic ring is 1. The number of nitrogens with zero attached hydrogens (tertiary/aromatic N) is 1. The first-order valence-electron chi connectivity index (χ1n) is 7.51. The first-order valence-corrected chi connectivity index (χ1v) is 7.51. The van der Waals surface area contributed by atoms with Crippen molar-refractivity contribution in [2.75, 3.05) is 24.7 Å². The van der Waals surface area contributed by atoms with E-state index in [1.54, 1.807) is 0 Å². The zero-order chi connectivity index (χ0) is 14.8. The van der Waals surface area contributed by atoms with Crippen molar-refractivity contribution in [2.45, 2.75) is 25.4 Å². The summed E-state index contributed by atoms with van der Waals surface area (Å²) in [4.78, 5) is 2.12.